The summed E-state index contributed by atoms with van der Waals surface area (Å²) in [5, 5.41) is 0.0761. The van der Waals surface area contributed by atoms with Crippen molar-refractivity contribution in [3.05, 3.63) is 24.3 Å². The third-order valence-corrected chi connectivity index (χ3v) is 4.11. The second-order valence-corrected chi connectivity index (χ2v) is 6.43. The Morgan fingerprint density at radius 1 is 1.26 bits per heavy atom. The average Bonchev–Trinajstić information content (AvgIpc) is 2.64. The molecule has 1 heterocycles. The van der Waals surface area contributed by atoms with Crippen LogP contribution in [0.4, 0.5) is 5.69 Å². The molecule has 2 amide bonds. The molecule has 0 saturated carbocycles. The van der Waals surface area contributed by atoms with Crippen LogP contribution in [0.25, 0.3) is 0 Å². The molecule has 0 aliphatic carbocycles. The molecule has 1 saturated heterocycles. The van der Waals surface area contributed by atoms with Gasteiger partial charge in [0.2, 0.25) is 11.8 Å². The van der Waals surface area contributed by atoms with Crippen molar-refractivity contribution in [2.24, 2.45) is 0 Å². The van der Waals surface area contributed by atoms with Crippen LogP contribution in [0.5, 0.6) is 5.75 Å². The monoisotopic (exact) mass is 279 g/mol. The first-order valence-corrected chi connectivity index (χ1v) is 7.13. The number of benzene rings is 1. The van der Waals surface area contributed by atoms with Crippen LogP contribution in [0.2, 0.25) is 0 Å². The number of hydrogen-bond donors (Lipinski definition) is 0. The van der Waals surface area contributed by atoms with Gasteiger partial charge in [0.05, 0.1) is 18.0 Å². The van der Waals surface area contributed by atoms with Crippen molar-refractivity contribution in [3.63, 3.8) is 0 Å². The van der Waals surface area contributed by atoms with Gasteiger partial charge in [0, 0.05) is 6.42 Å². The lowest BCUT2D eigenvalue weighted by Crippen LogP contribution is -2.31. The Kier molecular flexibility index (Phi) is 4.14. The summed E-state index contributed by atoms with van der Waals surface area (Å²) >= 11 is 1.54. The normalized spacial score (nSPS) is 19.4. The fourth-order valence-electron chi connectivity index (χ4n) is 2.04. The molecule has 1 aromatic carbocycles. The first-order chi connectivity index (χ1) is 9.02. The molecule has 1 fully saturated rings. The lowest BCUT2D eigenvalue weighted by atomic mass is 10.3. The number of carbonyl (C=O) groups is 2. The Hall–Kier alpha value is -1.49. The quantitative estimate of drug-likeness (QED) is 0.794. The maximum absolute atomic E-state index is 12.3. The zero-order valence-corrected chi connectivity index (χ0v) is 12.1. The number of thioether (sulfide) groups is 1. The van der Waals surface area contributed by atoms with E-state index < -0.39 is 0 Å². The van der Waals surface area contributed by atoms with Crippen molar-refractivity contribution in [2.75, 3.05) is 12.0 Å². The maximum Gasteiger partial charge on any atom is 0.247 e. The van der Waals surface area contributed by atoms with Crippen LogP contribution in [0.15, 0.2) is 24.3 Å². The predicted octanol–water partition coefficient (Wildman–Crippen LogP) is 2.47. The standard InChI is InChI=1S/C14H17NO3S/c1-9(2)19-12-8-13(16)15(14(12)17)10-4-6-11(18-3)7-5-10/h4-7,9,12H,8H2,1-3H3/t12-/m1/s1. The molecule has 1 aliphatic rings. The first kappa shape index (κ1) is 13.9. The summed E-state index contributed by atoms with van der Waals surface area (Å²) in [5.41, 5.74) is 0.614. The smallest absolute Gasteiger partial charge is 0.247 e. The third-order valence-electron chi connectivity index (χ3n) is 2.87. The minimum absolute atomic E-state index is 0.117. The highest BCUT2D eigenvalue weighted by molar-refractivity contribution is 8.01. The molecular weight excluding hydrogens is 262 g/mol. The van der Waals surface area contributed by atoms with Gasteiger partial charge in [-0.2, -0.15) is 0 Å². The summed E-state index contributed by atoms with van der Waals surface area (Å²) in [6.45, 7) is 4.05. The van der Waals surface area contributed by atoms with Crippen molar-refractivity contribution < 1.29 is 14.3 Å². The van der Waals surface area contributed by atoms with E-state index in [0.717, 1.165) is 0 Å². The molecule has 0 radical (unpaired) electrons. The van der Waals surface area contributed by atoms with E-state index in [-0.39, 0.29) is 23.5 Å². The lowest BCUT2D eigenvalue weighted by Gasteiger charge is -2.16. The van der Waals surface area contributed by atoms with Crippen LogP contribution in [-0.4, -0.2) is 29.4 Å². The molecule has 19 heavy (non-hydrogen) atoms. The van der Waals surface area contributed by atoms with E-state index in [1.165, 1.54) is 4.90 Å². The van der Waals surface area contributed by atoms with Gasteiger partial charge in [0.25, 0.3) is 0 Å². The van der Waals surface area contributed by atoms with E-state index in [1.807, 2.05) is 13.8 Å². The topological polar surface area (TPSA) is 46.6 Å². The van der Waals surface area contributed by atoms with Crippen LogP contribution in [0.1, 0.15) is 20.3 Å². The fourth-order valence-corrected chi connectivity index (χ4v) is 3.16. The molecule has 0 bridgehead atoms. The van der Waals surface area contributed by atoms with Crippen molar-refractivity contribution in [2.45, 2.75) is 30.8 Å². The molecule has 0 spiro atoms. The predicted molar refractivity (Wildman–Crippen MR) is 76.6 cm³/mol. The number of imide groups is 1. The minimum Gasteiger partial charge on any atom is -0.497 e. The maximum atomic E-state index is 12.3. The number of ether oxygens (including phenoxy) is 1. The van der Waals surface area contributed by atoms with Crippen molar-refractivity contribution in [3.8, 4) is 5.75 Å². The van der Waals surface area contributed by atoms with E-state index in [9.17, 15) is 9.59 Å². The second-order valence-electron chi connectivity index (χ2n) is 4.64. The Balaban J connectivity index is 2.19. The van der Waals surface area contributed by atoms with Gasteiger partial charge in [-0.3, -0.25) is 9.59 Å². The number of anilines is 1. The van der Waals surface area contributed by atoms with Gasteiger partial charge < -0.3 is 4.74 Å². The van der Waals surface area contributed by atoms with Gasteiger partial charge >= 0.3 is 0 Å². The van der Waals surface area contributed by atoms with Gasteiger partial charge in [-0.15, -0.1) is 11.8 Å². The van der Waals surface area contributed by atoms with E-state index >= 15 is 0 Å². The molecule has 2 rings (SSSR count). The van der Waals surface area contributed by atoms with Crippen LogP contribution in [0, 0.1) is 0 Å². The summed E-state index contributed by atoms with van der Waals surface area (Å²) in [5.74, 6) is 0.457. The molecule has 1 aromatic rings. The highest BCUT2D eigenvalue weighted by Crippen LogP contribution is 2.32. The van der Waals surface area contributed by atoms with Crippen LogP contribution >= 0.6 is 11.8 Å². The van der Waals surface area contributed by atoms with Gasteiger partial charge in [-0.05, 0) is 29.5 Å². The number of carbonyl (C=O) groups excluding carboxylic acids is 2. The number of amides is 2. The number of hydrogen-bond acceptors (Lipinski definition) is 4. The highest BCUT2D eigenvalue weighted by atomic mass is 32.2. The van der Waals surface area contributed by atoms with E-state index in [2.05, 4.69) is 0 Å². The molecule has 4 nitrogen and oxygen atoms in total. The molecular formula is C14H17NO3S. The van der Waals surface area contributed by atoms with Crippen molar-refractivity contribution in [1.82, 2.24) is 0 Å². The zero-order valence-electron chi connectivity index (χ0n) is 11.3. The number of nitrogens with zero attached hydrogens (tertiary/aromatic N) is 1. The van der Waals surface area contributed by atoms with Gasteiger partial charge in [-0.25, -0.2) is 4.90 Å². The first-order valence-electron chi connectivity index (χ1n) is 6.19. The SMILES string of the molecule is COc1ccc(N2C(=O)C[C@@H](SC(C)C)C2=O)cc1. The largest absolute Gasteiger partial charge is 0.497 e. The highest BCUT2D eigenvalue weighted by Gasteiger charge is 2.40. The lowest BCUT2D eigenvalue weighted by molar-refractivity contribution is -0.121. The number of methoxy groups -OCH3 is 1. The Bertz CT molecular complexity index is 484. The van der Waals surface area contributed by atoms with Crippen molar-refractivity contribution in [1.29, 1.82) is 0 Å². The Morgan fingerprint density at radius 3 is 2.42 bits per heavy atom. The summed E-state index contributed by atoms with van der Waals surface area (Å²) in [4.78, 5) is 25.5. The molecule has 0 aromatic heterocycles. The van der Waals surface area contributed by atoms with Crippen LogP contribution in [-0.2, 0) is 9.59 Å². The average molecular weight is 279 g/mol. The third kappa shape index (κ3) is 2.92. The van der Waals surface area contributed by atoms with Gasteiger partial charge in [0.1, 0.15) is 5.75 Å². The summed E-state index contributed by atoms with van der Waals surface area (Å²) < 4.78 is 5.07. The van der Waals surface area contributed by atoms with E-state index in [1.54, 1.807) is 43.1 Å². The fraction of sp³-hybridized carbons (Fsp3) is 0.429. The molecule has 1 atom stereocenters. The van der Waals surface area contributed by atoms with Crippen molar-refractivity contribution >= 4 is 29.3 Å². The van der Waals surface area contributed by atoms with E-state index in [0.29, 0.717) is 16.7 Å². The molecule has 1 aliphatic heterocycles. The Morgan fingerprint density at radius 2 is 1.89 bits per heavy atom. The summed E-state index contributed by atoms with van der Waals surface area (Å²) in [7, 11) is 1.58. The summed E-state index contributed by atoms with van der Waals surface area (Å²) in [6.07, 6.45) is 0.285. The molecule has 0 N–H and O–H groups in total. The summed E-state index contributed by atoms with van der Waals surface area (Å²) in [6, 6.07) is 6.96. The van der Waals surface area contributed by atoms with Crippen LogP contribution in [0.3, 0.4) is 0 Å². The van der Waals surface area contributed by atoms with Crippen LogP contribution < -0.4 is 9.64 Å². The zero-order chi connectivity index (χ0) is 14.0. The van der Waals surface area contributed by atoms with E-state index in [4.69, 9.17) is 4.74 Å². The molecule has 0 unspecified atom stereocenters. The van der Waals surface area contributed by atoms with Gasteiger partial charge in [0.15, 0.2) is 0 Å². The second kappa shape index (κ2) is 5.65. The minimum atomic E-state index is -0.255. The molecule has 5 heteroatoms. The Labute approximate surface area is 117 Å². The number of rotatable bonds is 4. The van der Waals surface area contributed by atoms with Gasteiger partial charge in [-0.1, -0.05) is 13.8 Å². The molecule has 102 valence electrons.